The first-order chi connectivity index (χ1) is 14.1. The summed E-state index contributed by atoms with van der Waals surface area (Å²) in [6, 6.07) is 7.41. The van der Waals surface area contributed by atoms with E-state index in [9.17, 15) is 18.0 Å². The highest BCUT2D eigenvalue weighted by Crippen LogP contribution is 2.38. The molecule has 0 unspecified atom stereocenters. The van der Waals surface area contributed by atoms with Gasteiger partial charge in [-0.1, -0.05) is 43.1 Å². The van der Waals surface area contributed by atoms with Crippen LogP contribution in [0.25, 0.3) is 0 Å². The number of esters is 1. The first-order valence-corrected chi connectivity index (χ1v) is 11.3. The second-order valence-corrected chi connectivity index (χ2v) is 9.43. The van der Waals surface area contributed by atoms with Crippen molar-refractivity contribution in [3.05, 3.63) is 57.1 Å². The lowest BCUT2D eigenvalue weighted by Crippen LogP contribution is -2.33. The van der Waals surface area contributed by atoms with Crippen LogP contribution in [0.1, 0.15) is 53.0 Å². The fourth-order valence-corrected chi connectivity index (χ4v) is 5.13. The Morgan fingerprint density at radius 2 is 1.80 bits per heavy atom. The largest absolute Gasteiger partial charge is 0.494 e. The molecule has 0 spiro atoms. The molecule has 1 heterocycles. The third-order valence-electron chi connectivity index (χ3n) is 4.53. The molecule has 0 bridgehead atoms. The van der Waals surface area contributed by atoms with Crippen molar-refractivity contribution in [3.8, 4) is 5.75 Å². The highest BCUT2D eigenvalue weighted by atomic mass is 35.5. The summed E-state index contributed by atoms with van der Waals surface area (Å²) in [6.45, 7) is 4.98. The number of carbonyl (C=O) groups excluding carboxylic acids is 2. The van der Waals surface area contributed by atoms with Gasteiger partial charge in [0.2, 0.25) is 0 Å². The molecule has 1 aliphatic rings. The number of carbonyl (C=O) groups is 2. The van der Waals surface area contributed by atoms with Crippen molar-refractivity contribution in [1.82, 2.24) is 4.31 Å². The topological polar surface area (TPSA) is 90.0 Å². The van der Waals surface area contributed by atoms with E-state index in [1.54, 1.807) is 19.1 Å². The fraction of sp³-hybridized carbons (Fsp3) is 0.300. The Balaban J connectivity index is 1.95. The van der Waals surface area contributed by atoms with Gasteiger partial charge in [-0.05, 0) is 36.6 Å². The van der Waals surface area contributed by atoms with Crippen LogP contribution in [0, 0.1) is 0 Å². The van der Waals surface area contributed by atoms with Crippen molar-refractivity contribution in [2.75, 3.05) is 13.3 Å². The van der Waals surface area contributed by atoms with Gasteiger partial charge in [-0.3, -0.25) is 4.79 Å². The van der Waals surface area contributed by atoms with E-state index in [0.29, 0.717) is 22.2 Å². The zero-order valence-electron chi connectivity index (χ0n) is 16.4. The number of halogens is 2. The standard InChI is InChI=1S/C20H19Cl2NO6S/c1-4-28-12-8-13(11(2)3)17-16(9-12)30(26,27)23(19(17)24)10-29-20(25)18-14(21)6-5-7-15(18)22/h5-9,11H,4,10H2,1-3H3. The molecule has 3 rings (SSSR count). The maximum Gasteiger partial charge on any atom is 0.342 e. The van der Waals surface area contributed by atoms with Gasteiger partial charge in [0.1, 0.15) is 10.6 Å². The van der Waals surface area contributed by atoms with Crippen molar-refractivity contribution in [2.45, 2.75) is 31.6 Å². The molecule has 2 aromatic carbocycles. The molecular weight excluding hydrogens is 453 g/mol. The van der Waals surface area contributed by atoms with Crippen LogP contribution in [0.5, 0.6) is 5.75 Å². The van der Waals surface area contributed by atoms with Gasteiger partial charge in [0, 0.05) is 6.07 Å². The van der Waals surface area contributed by atoms with E-state index in [4.69, 9.17) is 32.7 Å². The second kappa shape index (κ2) is 8.45. The van der Waals surface area contributed by atoms with Gasteiger partial charge in [0.25, 0.3) is 15.9 Å². The van der Waals surface area contributed by atoms with E-state index in [1.165, 1.54) is 18.2 Å². The Labute approximate surface area is 184 Å². The summed E-state index contributed by atoms with van der Waals surface area (Å²) in [5.74, 6) is -1.50. The third-order valence-corrected chi connectivity index (χ3v) is 6.89. The molecule has 0 radical (unpaired) electrons. The Hall–Kier alpha value is -2.29. The maximum atomic E-state index is 13.0. The summed E-state index contributed by atoms with van der Waals surface area (Å²) in [6.07, 6.45) is 0. The average molecular weight is 472 g/mol. The lowest BCUT2D eigenvalue weighted by Gasteiger charge is -2.16. The van der Waals surface area contributed by atoms with Crippen LogP contribution in [-0.2, 0) is 14.8 Å². The van der Waals surface area contributed by atoms with Gasteiger partial charge in [0.05, 0.1) is 27.8 Å². The van der Waals surface area contributed by atoms with Crippen LogP contribution < -0.4 is 4.74 Å². The molecule has 1 aliphatic heterocycles. The molecule has 0 fully saturated rings. The number of benzene rings is 2. The molecule has 0 atom stereocenters. The molecule has 0 saturated carbocycles. The normalized spacial score (nSPS) is 14.7. The van der Waals surface area contributed by atoms with Crippen LogP contribution in [0.4, 0.5) is 0 Å². The van der Waals surface area contributed by atoms with Gasteiger partial charge >= 0.3 is 5.97 Å². The van der Waals surface area contributed by atoms with E-state index in [2.05, 4.69) is 0 Å². The average Bonchev–Trinajstić information content (AvgIpc) is 2.85. The predicted molar refractivity (Wildman–Crippen MR) is 112 cm³/mol. The molecule has 160 valence electrons. The Kier molecular flexibility index (Phi) is 6.31. The molecule has 0 saturated heterocycles. The minimum Gasteiger partial charge on any atom is -0.494 e. The van der Waals surface area contributed by atoms with E-state index >= 15 is 0 Å². The summed E-state index contributed by atoms with van der Waals surface area (Å²) in [7, 11) is -4.23. The van der Waals surface area contributed by atoms with Crippen molar-refractivity contribution in [3.63, 3.8) is 0 Å². The van der Waals surface area contributed by atoms with Crippen LogP contribution in [0.15, 0.2) is 35.2 Å². The summed E-state index contributed by atoms with van der Waals surface area (Å²) in [5.41, 5.74) is 0.483. The number of fused-ring (bicyclic) bond motifs is 1. The highest BCUT2D eigenvalue weighted by molar-refractivity contribution is 7.90. The van der Waals surface area contributed by atoms with Gasteiger partial charge in [0.15, 0.2) is 6.73 Å². The van der Waals surface area contributed by atoms with Crippen molar-refractivity contribution >= 4 is 45.1 Å². The summed E-state index contributed by atoms with van der Waals surface area (Å²) >= 11 is 12.0. The maximum absolute atomic E-state index is 13.0. The summed E-state index contributed by atoms with van der Waals surface area (Å²) in [4.78, 5) is 25.2. The number of hydrogen-bond donors (Lipinski definition) is 0. The van der Waals surface area contributed by atoms with Gasteiger partial charge in [-0.25, -0.2) is 13.2 Å². The number of rotatable bonds is 6. The second-order valence-electron chi connectivity index (χ2n) is 6.79. The van der Waals surface area contributed by atoms with Gasteiger partial charge < -0.3 is 9.47 Å². The van der Waals surface area contributed by atoms with E-state index < -0.39 is 28.6 Å². The first-order valence-electron chi connectivity index (χ1n) is 9.08. The van der Waals surface area contributed by atoms with Crippen LogP contribution in [-0.4, -0.2) is 37.9 Å². The van der Waals surface area contributed by atoms with Crippen molar-refractivity contribution in [2.24, 2.45) is 0 Å². The Morgan fingerprint density at radius 1 is 1.17 bits per heavy atom. The number of hydrogen-bond acceptors (Lipinski definition) is 6. The third kappa shape index (κ3) is 3.87. The van der Waals surface area contributed by atoms with Gasteiger partial charge in [-0.2, -0.15) is 4.31 Å². The van der Waals surface area contributed by atoms with Crippen LogP contribution in [0.2, 0.25) is 10.0 Å². The number of ether oxygens (including phenoxy) is 2. The zero-order valence-corrected chi connectivity index (χ0v) is 18.8. The van der Waals surface area contributed by atoms with Crippen LogP contribution >= 0.6 is 23.2 Å². The van der Waals surface area contributed by atoms with Crippen molar-refractivity contribution < 1.29 is 27.5 Å². The molecule has 0 N–H and O–H groups in total. The zero-order chi connectivity index (χ0) is 22.2. The summed E-state index contributed by atoms with van der Waals surface area (Å²) < 4.78 is 37.1. The predicted octanol–water partition coefficient (Wildman–Crippen LogP) is 4.47. The molecule has 0 aromatic heterocycles. The van der Waals surface area contributed by atoms with E-state index in [1.807, 2.05) is 13.8 Å². The smallest absolute Gasteiger partial charge is 0.342 e. The molecule has 10 heteroatoms. The van der Waals surface area contributed by atoms with Gasteiger partial charge in [-0.15, -0.1) is 0 Å². The molecule has 7 nitrogen and oxygen atoms in total. The highest BCUT2D eigenvalue weighted by Gasteiger charge is 2.44. The minimum absolute atomic E-state index is 0.0508. The number of sulfonamides is 1. The fourth-order valence-electron chi connectivity index (χ4n) is 3.11. The van der Waals surface area contributed by atoms with Crippen molar-refractivity contribution in [1.29, 1.82) is 0 Å². The molecule has 30 heavy (non-hydrogen) atoms. The van der Waals surface area contributed by atoms with E-state index in [-0.39, 0.29) is 32.0 Å². The number of nitrogens with zero attached hydrogens (tertiary/aromatic N) is 1. The SMILES string of the molecule is CCOc1cc(C(C)C)c2c(c1)S(=O)(=O)N(COC(=O)c1c(Cl)cccc1Cl)C2=O. The van der Waals surface area contributed by atoms with E-state index in [0.717, 1.165) is 0 Å². The molecule has 0 aliphatic carbocycles. The molecule has 1 amide bonds. The molecular formula is C20H19Cl2NO6S. The number of amides is 1. The quantitative estimate of drug-likeness (QED) is 0.577. The lowest BCUT2D eigenvalue weighted by atomic mass is 9.96. The Bertz CT molecular complexity index is 1110. The van der Waals surface area contributed by atoms with Crippen LogP contribution in [0.3, 0.4) is 0 Å². The molecule has 2 aromatic rings. The first kappa shape index (κ1) is 22.4. The Morgan fingerprint density at radius 3 is 2.37 bits per heavy atom. The minimum atomic E-state index is -4.23. The lowest BCUT2D eigenvalue weighted by molar-refractivity contribution is 0.0358. The monoisotopic (exact) mass is 471 g/mol. The summed E-state index contributed by atoms with van der Waals surface area (Å²) in [5, 5.41) is 0.102.